The lowest BCUT2D eigenvalue weighted by Gasteiger charge is -2.35. The fourth-order valence-electron chi connectivity index (χ4n) is 3.98. The summed E-state index contributed by atoms with van der Waals surface area (Å²) in [4.78, 5) is 19.2. The molecule has 2 unspecified atom stereocenters. The van der Waals surface area contributed by atoms with Crippen molar-refractivity contribution in [2.75, 3.05) is 26.3 Å². The van der Waals surface area contributed by atoms with Crippen LogP contribution in [0.15, 0.2) is 28.8 Å². The van der Waals surface area contributed by atoms with E-state index in [1.54, 1.807) is 12.1 Å². The number of carbonyl (C=O) groups is 1. The molecule has 2 atom stereocenters. The number of aromatic nitrogens is 2. The van der Waals surface area contributed by atoms with Gasteiger partial charge in [-0.2, -0.15) is 4.98 Å². The molecule has 2 N–H and O–H groups in total. The molecule has 2 aliphatic rings. The zero-order valence-corrected chi connectivity index (χ0v) is 15.7. The van der Waals surface area contributed by atoms with Crippen molar-refractivity contribution in [3.8, 4) is 11.4 Å². The third-order valence-corrected chi connectivity index (χ3v) is 5.69. The molecular weight excluding hydrogens is 363 g/mol. The van der Waals surface area contributed by atoms with Gasteiger partial charge < -0.3 is 19.9 Å². The van der Waals surface area contributed by atoms with Gasteiger partial charge in [0, 0.05) is 31.9 Å². The Morgan fingerprint density at radius 2 is 1.96 bits per heavy atom. The number of nitrogens with two attached hydrogens (primary N) is 1. The van der Waals surface area contributed by atoms with E-state index in [4.69, 9.17) is 15.0 Å². The molecule has 8 heteroatoms. The molecule has 3 heterocycles. The number of hydrogen-bond acceptors (Lipinski definition) is 6. The van der Waals surface area contributed by atoms with Crippen LogP contribution in [0.5, 0.6) is 0 Å². The molecule has 7 nitrogen and oxygen atoms in total. The quantitative estimate of drug-likeness (QED) is 0.864. The van der Waals surface area contributed by atoms with Crippen molar-refractivity contribution >= 4 is 5.91 Å². The number of rotatable bonds is 4. The molecule has 2 aliphatic heterocycles. The van der Waals surface area contributed by atoms with Gasteiger partial charge in [0.25, 0.3) is 0 Å². The van der Waals surface area contributed by atoms with Crippen LogP contribution in [-0.4, -0.2) is 53.3 Å². The fraction of sp³-hybridized carbons (Fsp3) is 0.550. The van der Waals surface area contributed by atoms with Crippen LogP contribution in [0, 0.1) is 11.7 Å². The van der Waals surface area contributed by atoms with Crippen molar-refractivity contribution < 1.29 is 18.4 Å². The lowest BCUT2D eigenvalue weighted by Crippen LogP contribution is -2.51. The van der Waals surface area contributed by atoms with Gasteiger partial charge in [0.15, 0.2) is 0 Å². The molecular formula is C20H25FN4O3. The van der Waals surface area contributed by atoms with Gasteiger partial charge in [-0.3, -0.25) is 4.79 Å². The van der Waals surface area contributed by atoms with E-state index in [-0.39, 0.29) is 23.6 Å². The molecule has 4 rings (SSSR count). The van der Waals surface area contributed by atoms with Crippen molar-refractivity contribution in [3.05, 3.63) is 36.0 Å². The number of hydrogen-bond donors (Lipinski definition) is 1. The number of nitrogens with zero attached hydrogens (tertiary/aromatic N) is 3. The lowest BCUT2D eigenvalue weighted by atomic mass is 9.90. The molecule has 1 aromatic carbocycles. The summed E-state index contributed by atoms with van der Waals surface area (Å²) in [6.45, 7) is 2.57. The van der Waals surface area contributed by atoms with E-state index >= 15 is 0 Å². The Labute approximate surface area is 163 Å². The maximum atomic E-state index is 13.1. The Bertz CT molecular complexity index is 804. The molecule has 2 fully saturated rings. The van der Waals surface area contributed by atoms with Gasteiger partial charge in [-0.05, 0) is 55.9 Å². The second-order valence-electron chi connectivity index (χ2n) is 7.56. The predicted molar refractivity (Wildman–Crippen MR) is 99.8 cm³/mol. The van der Waals surface area contributed by atoms with Crippen LogP contribution in [0.2, 0.25) is 0 Å². The minimum atomic E-state index is -0.486. The highest BCUT2D eigenvalue weighted by Gasteiger charge is 2.34. The standard InChI is InChI=1S/C20H25FN4O3/c21-16-5-3-14(4-6-16)18-23-19(28-24-18)15-2-1-9-25(12-15)20(26)17(22)13-7-10-27-11-8-13/h3-6,13,15,17H,1-2,7-12,22H2. The minimum Gasteiger partial charge on any atom is -0.381 e. The molecule has 0 saturated carbocycles. The van der Waals surface area contributed by atoms with E-state index in [9.17, 15) is 9.18 Å². The van der Waals surface area contributed by atoms with Crippen LogP contribution in [0.3, 0.4) is 0 Å². The Hall–Kier alpha value is -2.32. The average Bonchev–Trinajstić information content (AvgIpc) is 3.24. The molecule has 0 bridgehead atoms. The zero-order valence-electron chi connectivity index (χ0n) is 15.7. The molecule has 28 heavy (non-hydrogen) atoms. The average molecular weight is 388 g/mol. The summed E-state index contributed by atoms with van der Waals surface area (Å²) in [5.41, 5.74) is 6.97. The summed E-state index contributed by atoms with van der Waals surface area (Å²) in [5, 5.41) is 4.02. The molecule has 0 aliphatic carbocycles. The Morgan fingerprint density at radius 3 is 2.71 bits per heavy atom. The van der Waals surface area contributed by atoms with Crippen molar-refractivity contribution in [1.29, 1.82) is 0 Å². The summed E-state index contributed by atoms with van der Waals surface area (Å²) in [7, 11) is 0. The van der Waals surface area contributed by atoms with Crippen molar-refractivity contribution in [1.82, 2.24) is 15.0 Å². The number of benzene rings is 1. The predicted octanol–water partition coefficient (Wildman–Crippen LogP) is 2.34. The Morgan fingerprint density at radius 1 is 1.21 bits per heavy atom. The van der Waals surface area contributed by atoms with Gasteiger partial charge in [-0.1, -0.05) is 5.16 Å². The maximum absolute atomic E-state index is 13.1. The molecule has 2 saturated heterocycles. The third-order valence-electron chi connectivity index (χ3n) is 5.69. The molecule has 150 valence electrons. The molecule has 0 spiro atoms. The largest absolute Gasteiger partial charge is 0.381 e. The van der Waals surface area contributed by atoms with Crippen LogP contribution in [-0.2, 0) is 9.53 Å². The number of likely N-dealkylation sites (tertiary alicyclic amines) is 1. The summed E-state index contributed by atoms with van der Waals surface area (Å²) < 4.78 is 23.9. The number of carbonyl (C=O) groups excluding carboxylic acids is 1. The van der Waals surface area contributed by atoms with Crippen LogP contribution in [0.25, 0.3) is 11.4 Å². The van der Waals surface area contributed by atoms with Gasteiger partial charge in [0.05, 0.1) is 12.0 Å². The zero-order chi connectivity index (χ0) is 19.5. The number of piperidine rings is 1. The molecule has 2 aromatic rings. The van der Waals surface area contributed by atoms with E-state index in [0.717, 1.165) is 25.7 Å². The number of halogens is 1. The van der Waals surface area contributed by atoms with Crippen LogP contribution in [0.1, 0.15) is 37.5 Å². The van der Waals surface area contributed by atoms with Gasteiger partial charge in [0.2, 0.25) is 17.6 Å². The topological polar surface area (TPSA) is 94.5 Å². The Kier molecular flexibility index (Phi) is 5.68. The van der Waals surface area contributed by atoms with Gasteiger partial charge in [-0.15, -0.1) is 0 Å². The van der Waals surface area contributed by atoms with E-state index < -0.39 is 6.04 Å². The van der Waals surface area contributed by atoms with Gasteiger partial charge in [0.1, 0.15) is 5.82 Å². The summed E-state index contributed by atoms with van der Waals surface area (Å²) in [5.74, 6) is 0.787. The summed E-state index contributed by atoms with van der Waals surface area (Å²) >= 11 is 0. The SMILES string of the molecule is NC(C(=O)N1CCCC(c2nc(-c3ccc(F)cc3)no2)C1)C1CCOCC1. The summed E-state index contributed by atoms with van der Waals surface area (Å²) in [6, 6.07) is 5.48. The molecule has 1 aromatic heterocycles. The second kappa shape index (κ2) is 8.36. The fourth-order valence-corrected chi connectivity index (χ4v) is 3.98. The normalized spacial score (nSPS) is 22.2. The highest BCUT2D eigenvalue weighted by atomic mass is 19.1. The molecule has 0 radical (unpaired) electrons. The maximum Gasteiger partial charge on any atom is 0.239 e. The number of ether oxygens (including phenoxy) is 1. The van der Waals surface area contributed by atoms with E-state index in [2.05, 4.69) is 10.1 Å². The third kappa shape index (κ3) is 4.07. The highest BCUT2D eigenvalue weighted by molar-refractivity contribution is 5.82. The second-order valence-corrected chi connectivity index (χ2v) is 7.56. The van der Waals surface area contributed by atoms with Crippen molar-refractivity contribution in [2.45, 2.75) is 37.6 Å². The first-order valence-electron chi connectivity index (χ1n) is 9.83. The van der Waals surface area contributed by atoms with Crippen molar-refractivity contribution in [3.63, 3.8) is 0 Å². The van der Waals surface area contributed by atoms with E-state index in [1.165, 1.54) is 12.1 Å². The van der Waals surface area contributed by atoms with Crippen LogP contribution < -0.4 is 5.73 Å². The monoisotopic (exact) mass is 388 g/mol. The van der Waals surface area contributed by atoms with E-state index in [0.29, 0.717) is 43.6 Å². The molecule has 1 amide bonds. The summed E-state index contributed by atoms with van der Waals surface area (Å²) in [6.07, 6.45) is 3.40. The lowest BCUT2D eigenvalue weighted by molar-refractivity contribution is -0.136. The van der Waals surface area contributed by atoms with Gasteiger partial charge >= 0.3 is 0 Å². The Balaban J connectivity index is 1.42. The first-order chi connectivity index (χ1) is 13.6. The highest BCUT2D eigenvalue weighted by Crippen LogP contribution is 2.29. The smallest absolute Gasteiger partial charge is 0.239 e. The first kappa shape index (κ1) is 19.0. The minimum absolute atomic E-state index is 0.00475. The van der Waals surface area contributed by atoms with E-state index in [1.807, 2.05) is 4.90 Å². The number of amides is 1. The van der Waals surface area contributed by atoms with Crippen molar-refractivity contribution in [2.24, 2.45) is 11.7 Å². The van der Waals surface area contributed by atoms with Gasteiger partial charge in [-0.25, -0.2) is 4.39 Å². The van der Waals surface area contributed by atoms with Crippen LogP contribution in [0.4, 0.5) is 4.39 Å². The first-order valence-corrected chi connectivity index (χ1v) is 9.83. The van der Waals surface area contributed by atoms with Crippen LogP contribution >= 0.6 is 0 Å².